The minimum Gasteiger partial charge on any atom is -0.343 e. The monoisotopic (exact) mass is 180 g/mol. The van der Waals surface area contributed by atoms with Gasteiger partial charge in [0.1, 0.15) is 0 Å². The van der Waals surface area contributed by atoms with Crippen LogP contribution >= 0.6 is 0 Å². The summed E-state index contributed by atoms with van der Waals surface area (Å²) in [6.07, 6.45) is 6.33. The van der Waals surface area contributed by atoms with Gasteiger partial charge in [0.2, 0.25) is 6.41 Å². The van der Waals surface area contributed by atoms with Gasteiger partial charge in [-0.3, -0.25) is 9.69 Å². The van der Waals surface area contributed by atoms with Gasteiger partial charge in [-0.2, -0.15) is 0 Å². The number of nitrogens with zero attached hydrogens (tertiary/aromatic N) is 2. The van der Waals surface area contributed by atoms with Crippen molar-refractivity contribution in [1.82, 2.24) is 9.80 Å². The molecule has 13 heavy (non-hydrogen) atoms. The second-order valence-electron chi connectivity index (χ2n) is 3.83. The molecule has 0 radical (unpaired) electrons. The van der Waals surface area contributed by atoms with Gasteiger partial charge in [0.05, 0.1) is 5.54 Å². The van der Waals surface area contributed by atoms with Crippen LogP contribution in [0.3, 0.4) is 0 Å². The lowest BCUT2D eigenvalue weighted by Crippen LogP contribution is -2.53. The van der Waals surface area contributed by atoms with E-state index in [1.54, 1.807) is 4.90 Å². The van der Waals surface area contributed by atoms with E-state index in [1.165, 1.54) is 0 Å². The van der Waals surface area contributed by atoms with Crippen molar-refractivity contribution < 1.29 is 4.79 Å². The number of hydrogen-bond donors (Lipinski definition) is 0. The topological polar surface area (TPSA) is 23.6 Å². The predicted octanol–water partition coefficient (Wildman–Crippen LogP) is 0.172. The van der Waals surface area contributed by atoms with Crippen LogP contribution in [0.15, 0.2) is 0 Å². The van der Waals surface area contributed by atoms with Gasteiger partial charge in [-0.15, -0.1) is 6.42 Å². The summed E-state index contributed by atoms with van der Waals surface area (Å²) in [6.45, 7) is 7.38. The third-order valence-electron chi connectivity index (χ3n) is 2.61. The molecule has 0 unspecified atom stereocenters. The van der Waals surface area contributed by atoms with Crippen molar-refractivity contribution >= 4 is 6.41 Å². The third-order valence-corrected chi connectivity index (χ3v) is 2.61. The summed E-state index contributed by atoms with van der Waals surface area (Å²) in [7, 11) is 0. The first-order chi connectivity index (χ1) is 6.10. The Morgan fingerprint density at radius 3 is 2.23 bits per heavy atom. The molecule has 3 nitrogen and oxygen atoms in total. The Labute approximate surface area is 79.7 Å². The van der Waals surface area contributed by atoms with E-state index in [4.69, 9.17) is 6.42 Å². The molecule has 72 valence electrons. The normalized spacial score (nSPS) is 19.6. The lowest BCUT2D eigenvalue weighted by atomic mass is 10.0. The Morgan fingerprint density at radius 1 is 1.31 bits per heavy atom. The molecular formula is C10H16N2O. The average Bonchev–Trinajstić information content (AvgIpc) is 2.18. The lowest BCUT2D eigenvalue weighted by Gasteiger charge is -2.40. The standard InChI is InChI=1S/C10H16N2O/c1-4-10(2,3)12-7-5-11(9-13)6-8-12/h1,9H,5-8H2,2-3H3. The fourth-order valence-corrected chi connectivity index (χ4v) is 1.48. The van der Waals surface area contributed by atoms with Gasteiger partial charge >= 0.3 is 0 Å². The van der Waals surface area contributed by atoms with Crippen LogP contribution in [0.25, 0.3) is 0 Å². The zero-order chi connectivity index (χ0) is 9.90. The molecule has 0 saturated carbocycles. The highest BCUT2D eigenvalue weighted by Gasteiger charge is 2.27. The summed E-state index contributed by atoms with van der Waals surface area (Å²) in [5.74, 6) is 2.76. The van der Waals surface area contributed by atoms with Crippen molar-refractivity contribution in [2.45, 2.75) is 19.4 Å². The fraction of sp³-hybridized carbons (Fsp3) is 0.700. The van der Waals surface area contributed by atoms with Crippen LogP contribution in [0, 0.1) is 12.3 Å². The molecule has 0 aliphatic carbocycles. The van der Waals surface area contributed by atoms with E-state index in [2.05, 4.69) is 10.8 Å². The van der Waals surface area contributed by atoms with E-state index in [1.807, 2.05) is 13.8 Å². The Balaban J connectivity index is 2.51. The molecule has 0 aromatic heterocycles. The molecule has 3 heteroatoms. The van der Waals surface area contributed by atoms with E-state index >= 15 is 0 Å². The van der Waals surface area contributed by atoms with Gasteiger partial charge in [-0.1, -0.05) is 5.92 Å². The number of amides is 1. The van der Waals surface area contributed by atoms with Crippen LogP contribution in [0.4, 0.5) is 0 Å². The molecule has 0 atom stereocenters. The van der Waals surface area contributed by atoms with Crippen LogP contribution in [0.2, 0.25) is 0 Å². The number of piperazine rings is 1. The summed E-state index contributed by atoms with van der Waals surface area (Å²) in [6, 6.07) is 0. The number of terminal acetylenes is 1. The summed E-state index contributed by atoms with van der Waals surface area (Å²) in [5.41, 5.74) is -0.186. The van der Waals surface area contributed by atoms with Crippen LogP contribution in [-0.4, -0.2) is 47.9 Å². The van der Waals surface area contributed by atoms with Crippen LogP contribution in [0.1, 0.15) is 13.8 Å². The quantitative estimate of drug-likeness (QED) is 0.447. The fourth-order valence-electron chi connectivity index (χ4n) is 1.48. The average molecular weight is 180 g/mol. The van der Waals surface area contributed by atoms with E-state index in [0.29, 0.717) is 0 Å². The van der Waals surface area contributed by atoms with Crippen LogP contribution in [-0.2, 0) is 4.79 Å². The Hall–Kier alpha value is -1.01. The van der Waals surface area contributed by atoms with Crippen molar-refractivity contribution in [3.63, 3.8) is 0 Å². The molecule has 0 bridgehead atoms. The summed E-state index contributed by atoms with van der Waals surface area (Å²) < 4.78 is 0. The van der Waals surface area contributed by atoms with Crippen molar-refractivity contribution in [2.24, 2.45) is 0 Å². The van der Waals surface area contributed by atoms with Gasteiger partial charge in [-0.25, -0.2) is 0 Å². The zero-order valence-electron chi connectivity index (χ0n) is 8.29. The highest BCUT2D eigenvalue weighted by Crippen LogP contribution is 2.14. The smallest absolute Gasteiger partial charge is 0.209 e. The second-order valence-corrected chi connectivity index (χ2v) is 3.83. The Kier molecular flexibility index (Phi) is 2.94. The molecule has 1 rings (SSSR count). The van der Waals surface area contributed by atoms with Gasteiger partial charge in [0, 0.05) is 26.2 Å². The van der Waals surface area contributed by atoms with E-state index in [0.717, 1.165) is 32.6 Å². The molecule has 0 spiro atoms. The van der Waals surface area contributed by atoms with Gasteiger partial charge in [-0.05, 0) is 13.8 Å². The molecule has 1 fully saturated rings. The minimum atomic E-state index is -0.186. The first kappa shape index (κ1) is 10.1. The Bertz CT molecular complexity index is 222. The lowest BCUT2D eigenvalue weighted by molar-refractivity contribution is -0.120. The maximum Gasteiger partial charge on any atom is 0.209 e. The molecule has 1 aliphatic rings. The van der Waals surface area contributed by atoms with Crippen molar-refractivity contribution in [1.29, 1.82) is 0 Å². The molecule has 0 aromatic rings. The van der Waals surface area contributed by atoms with Gasteiger partial charge < -0.3 is 4.90 Å². The van der Waals surface area contributed by atoms with Crippen molar-refractivity contribution in [3.05, 3.63) is 0 Å². The number of carbonyl (C=O) groups excluding carboxylic acids is 1. The van der Waals surface area contributed by atoms with E-state index in [9.17, 15) is 4.79 Å². The maximum absolute atomic E-state index is 10.5. The highest BCUT2D eigenvalue weighted by molar-refractivity contribution is 5.47. The summed E-state index contributed by atoms with van der Waals surface area (Å²) in [5, 5.41) is 0. The highest BCUT2D eigenvalue weighted by atomic mass is 16.1. The first-order valence-electron chi connectivity index (χ1n) is 4.52. The minimum absolute atomic E-state index is 0.186. The molecule has 0 N–H and O–H groups in total. The largest absolute Gasteiger partial charge is 0.343 e. The van der Waals surface area contributed by atoms with Gasteiger partial charge in [0.15, 0.2) is 0 Å². The Morgan fingerprint density at radius 2 is 1.85 bits per heavy atom. The zero-order valence-corrected chi connectivity index (χ0v) is 8.29. The molecule has 1 aliphatic heterocycles. The first-order valence-corrected chi connectivity index (χ1v) is 4.52. The van der Waals surface area contributed by atoms with Crippen molar-refractivity contribution in [3.8, 4) is 12.3 Å². The van der Waals surface area contributed by atoms with E-state index in [-0.39, 0.29) is 5.54 Å². The van der Waals surface area contributed by atoms with Crippen LogP contribution in [0.5, 0.6) is 0 Å². The molecule has 0 aromatic carbocycles. The van der Waals surface area contributed by atoms with Crippen LogP contribution < -0.4 is 0 Å². The van der Waals surface area contributed by atoms with Gasteiger partial charge in [0.25, 0.3) is 0 Å². The third kappa shape index (κ3) is 2.22. The summed E-state index contributed by atoms with van der Waals surface area (Å²) >= 11 is 0. The molecule has 1 amide bonds. The number of carbonyl (C=O) groups is 1. The molecular weight excluding hydrogens is 164 g/mol. The second kappa shape index (κ2) is 3.80. The van der Waals surface area contributed by atoms with E-state index < -0.39 is 0 Å². The maximum atomic E-state index is 10.5. The number of rotatable bonds is 2. The predicted molar refractivity (Wildman–Crippen MR) is 52.1 cm³/mol. The summed E-state index contributed by atoms with van der Waals surface area (Å²) in [4.78, 5) is 14.5. The molecule has 1 saturated heterocycles. The SMILES string of the molecule is C#CC(C)(C)N1CCN(C=O)CC1. The molecule has 1 heterocycles. The number of hydrogen-bond acceptors (Lipinski definition) is 2. The van der Waals surface area contributed by atoms with Crippen molar-refractivity contribution in [2.75, 3.05) is 26.2 Å².